The number of nitrogens with two attached hydrogens (primary N) is 1. The van der Waals surface area contributed by atoms with E-state index in [0.29, 0.717) is 25.9 Å². The first-order chi connectivity index (χ1) is 10.8. The molecule has 1 heterocycles. The molecule has 1 fully saturated rings. The highest BCUT2D eigenvalue weighted by atomic mass is 79.9. The van der Waals surface area contributed by atoms with Gasteiger partial charge in [-0.3, -0.25) is 9.59 Å². The summed E-state index contributed by atoms with van der Waals surface area (Å²) in [4.78, 5) is 25.2. The number of rotatable bonds is 4. The van der Waals surface area contributed by atoms with E-state index in [9.17, 15) is 9.59 Å². The summed E-state index contributed by atoms with van der Waals surface area (Å²) >= 11 is 3.56. The number of ether oxygens (including phenoxy) is 1. The molecule has 0 unspecified atom stereocenters. The van der Waals surface area contributed by atoms with Crippen molar-refractivity contribution in [3.8, 4) is 5.75 Å². The van der Waals surface area contributed by atoms with Gasteiger partial charge in [0, 0.05) is 23.5 Å². The molecule has 23 heavy (non-hydrogen) atoms. The number of benzene rings is 1. The average Bonchev–Trinajstić information content (AvgIpc) is 2.54. The van der Waals surface area contributed by atoms with E-state index in [1.807, 2.05) is 26.8 Å². The summed E-state index contributed by atoms with van der Waals surface area (Å²) in [6.07, 6.45) is 1.27. The summed E-state index contributed by atoms with van der Waals surface area (Å²) in [5.74, 6) is 0.304. The zero-order valence-electron chi connectivity index (χ0n) is 13.8. The van der Waals surface area contributed by atoms with Crippen LogP contribution < -0.4 is 10.5 Å². The summed E-state index contributed by atoms with van der Waals surface area (Å²) < 4.78 is 6.81. The quantitative estimate of drug-likeness (QED) is 0.868. The van der Waals surface area contributed by atoms with Gasteiger partial charge in [0.05, 0.1) is 0 Å². The summed E-state index contributed by atoms with van der Waals surface area (Å²) in [7, 11) is 0. The van der Waals surface area contributed by atoms with Crippen LogP contribution in [0.5, 0.6) is 5.75 Å². The van der Waals surface area contributed by atoms with Crippen molar-refractivity contribution < 1.29 is 14.3 Å². The molecular formula is C17H23BrN2O3. The first-order valence-electron chi connectivity index (χ1n) is 7.77. The predicted octanol–water partition coefficient (Wildman–Crippen LogP) is 2.48. The Morgan fingerprint density at radius 2 is 1.87 bits per heavy atom. The van der Waals surface area contributed by atoms with E-state index in [0.717, 1.165) is 26.9 Å². The zero-order valence-corrected chi connectivity index (χ0v) is 15.4. The number of carbonyl (C=O) groups excluding carboxylic acids is 2. The van der Waals surface area contributed by atoms with Crippen LogP contribution in [0, 0.1) is 26.7 Å². The van der Waals surface area contributed by atoms with Crippen molar-refractivity contribution in [2.45, 2.75) is 33.6 Å². The summed E-state index contributed by atoms with van der Waals surface area (Å²) in [5, 5.41) is 0. The molecule has 1 saturated heterocycles. The third-order valence-corrected chi connectivity index (χ3v) is 5.78. The van der Waals surface area contributed by atoms with Gasteiger partial charge in [0.2, 0.25) is 5.91 Å². The fraction of sp³-hybridized carbons (Fsp3) is 0.529. The van der Waals surface area contributed by atoms with Crippen molar-refractivity contribution in [2.75, 3.05) is 19.7 Å². The summed E-state index contributed by atoms with van der Waals surface area (Å²) in [6.45, 7) is 7.15. The number of nitrogens with zero attached hydrogens (tertiary/aromatic N) is 1. The second-order valence-electron chi connectivity index (χ2n) is 6.10. The normalized spacial score (nSPS) is 15.6. The van der Waals surface area contributed by atoms with Gasteiger partial charge in [-0.05, 0) is 56.4 Å². The molecular weight excluding hydrogens is 360 g/mol. The molecule has 0 atom stereocenters. The van der Waals surface area contributed by atoms with Crippen molar-refractivity contribution in [3.63, 3.8) is 0 Å². The minimum absolute atomic E-state index is 0.0165. The van der Waals surface area contributed by atoms with Crippen LogP contribution in [0.2, 0.25) is 0 Å². The highest BCUT2D eigenvalue weighted by Gasteiger charge is 2.26. The van der Waals surface area contributed by atoms with Crippen LogP contribution in [-0.2, 0) is 9.59 Å². The minimum atomic E-state index is -0.273. The lowest BCUT2D eigenvalue weighted by Gasteiger charge is -2.30. The molecule has 1 aromatic carbocycles. The Morgan fingerprint density at radius 1 is 1.26 bits per heavy atom. The molecule has 0 radical (unpaired) electrons. The Kier molecular flexibility index (Phi) is 5.68. The molecule has 2 N–H and O–H groups in total. The maximum atomic E-state index is 12.3. The molecule has 0 bridgehead atoms. The van der Waals surface area contributed by atoms with Gasteiger partial charge in [0.15, 0.2) is 6.61 Å². The second kappa shape index (κ2) is 7.34. The molecule has 6 heteroatoms. The molecule has 0 spiro atoms. The van der Waals surface area contributed by atoms with Gasteiger partial charge in [-0.2, -0.15) is 0 Å². The molecule has 1 aliphatic heterocycles. The maximum Gasteiger partial charge on any atom is 0.260 e. The Balaban J connectivity index is 1.94. The Labute approximate surface area is 145 Å². The van der Waals surface area contributed by atoms with Gasteiger partial charge in [0.25, 0.3) is 5.91 Å². The standard InChI is InChI=1S/C17H23BrN2O3/c1-10-8-14(11(2)12(3)16(10)18)23-9-15(21)20-6-4-13(5-7-20)17(19)22/h8,13H,4-7,9H2,1-3H3,(H2,19,22). The second-order valence-corrected chi connectivity index (χ2v) is 6.89. The van der Waals surface area contributed by atoms with E-state index in [4.69, 9.17) is 10.5 Å². The van der Waals surface area contributed by atoms with E-state index in [1.165, 1.54) is 0 Å². The third kappa shape index (κ3) is 4.05. The third-order valence-electron chi connectivity index (χ3n) is 4.56. The topological polar surface area (TPSA) is 72.6 Å². The van der Waals surface area contributed by atoms with Gasteiger partial charge >= 0.3 is 0 Å². The minimum Gasteiger partial charge on any atom is -0.483 e. The lowest BCUT2D eigenvalue weighted by molar-refractivity contribution is -0.136. The van der Waals surface area contributed by atoms with E-state index >= 15 is 0 Å². The van der Waals surface area contributed by atoms with Crippen LogP contribution >= 0.6 is 15.9 Å². The van der Waals surface area contributed by atoms with E-state index < -0.39 is 0 Å². The Bertz CT molecular complexity index is 623. The van der Waals surface area contributed by atoms with Crippen molar-refractivity contribution in [2.24, 2.45) is 11.7 Å². The van der Waals surface area contributed by atoms with E-state index in [1.54, 1.807) is 4.90 Å². The van der Waals surface area contributed by atoms with Crippen LogP contribution in [-0.4, -0.2) is 36.4 Å². The number of carbonyl (C=O) groups is 2. The molecule has 126 valence electrons. The van der Waals surface area contributed by atoms with E-state index in [2.05, 4.69) is 15.9 Å². The van der Waals surface area contributed by atoms with Gasteiger partial charge in [-0.1, -0.05) is 15.9 Å². The molecule has 1 aliphatic rings. The number of hydrogen-bond donors (Lipinski definition) is 1. The zero-order chi connectivity index (χ0) is 17.1. The first-order valence-corrected chi connectivity index (χ1v) is 8.56. The number of amides is 2. The predicted molar refractivity (Wildman–Crippen MR) is 92.3 cm³/mol. The smallest absolute Gasteiger partial charge is 0.260 e. The number of likely N-dealkylation sites (tertiary alicyclic amines) is 1. The van der Waals surface area contributed by atoms with Crippen molar-refractivity contribution >= 4 is 27.7 Å². The number of piperidine rings is 1. The van der Waals surface area contributed by atoms with Crippen molar-refractivity contribution in [1.82, 2.24) is 4.90 Å². The van der Waals surface area contributed by atoms with E-state index in [-0.39, 0.29) is 24.3 Å². The molecule has 5 nitrogen and oxygen atoms in total. The fourth-order valence-electron chi connectivity index (χ4n) is 2.81. The van der Waals surface area contributed by atoms with Crippen LogP contribution in [0.1, 0.15) is 29.5 Å². The first kappa shape index (κ1) is 17.8. The number of aryl methyl sites for hydroxylation is 1. The molecule has 0 aliphatic carbocycles. The Morgan fingerprint density at radius 3 is 2.43 bits per heavy atom. The van der Waals surface area contributed by atoms with Crippen LogP contribution in [0.15, 0.2) is 10.5 Å². The van der Waals surface area contributed by atoms with Gasteiger partial charge in [0.1, 0.15) is 5.75 Å². The van der Waals surface area contributed by atoms with Crippen LogP contribution in [0.25, 0.3) is 0 Å². The van der Waals surface area contributed by atoms with Crippen LogP contribution in [0.3, 0.4) is 0 Å². The van der Waals surface area contributed by atoms with Crippen molar-refractivity contribution in [3.05, 3.63) is 27.2 Å². The van der Waals surface area contributed by atoms with Gasteiger partial charge < -0.3 is 15.4 Å². The monoisotopic (exact) mass is 382 g/mol. The fourth-order valence-corrected chi connectivity index (χ4v) is 3.22. The SMILES string of the molecule is Cc1cc(OCC(=O)N2CCC(C(N)=O)CC2)c(C)c(C)c1Br. The van der Waals surface area contributed by atoms with Gasteiger partial charge in [-0.15, -0.1) is 0 Å². The summed E-state index contributed by atoms with van der Waals surface area (Å²) in [5.41, 5.74) is 8.54. The Hall–Kier alpha value is -1.56. The lowest BCUT2D eigenvalue weighted by atomic mass is 9.96. The lowest BCUT2D eigenvalue weighted by Crippen LogP contribution is -2.43. The molecule has 2 rings (SSSR count). The molecule has 2 amide bonds. The number of halogens is 1. The largest absolute Gasteiger partial charge is 0.483 e. The van der Waals surface area contributed by atoms with Gasteiger partial charge in [-0.25, -0.2) is 0 Å². The number of primary amides is 1. The summed E-state index contributed by atoms with van der Waals surface area (Å²) in [6, 6.07) is 1.94. The molecule has 0 saturated carbocycles. The number of hydrogen-bond acceptors (Lipinski definition) is 3. The van der Waals surface area contributed by atoms with Crippen LogP contribution in [0.4, 0.5) is 0 Å². The van der Waals surface area contributed by atoms with Crippen molar-refractivity contribution in [1.29, 1.82) is 0 Å². The maximum absolute atomic E-state index is 12.3. The highest BCUT2D eigenvalue weighted by molar-refractivity contribution is 9.10. The highest BCUT2D eigenvalue weighted by Crippen LogP contribution is 2.31. The average molecular weight is 383 g/mol. The molecule has 1 aromatic rings. The molecule has 0 aromatic heterocycles.